The minimum absolute atomic E-state index is 0.00585. The van der Waals surface area contributed by atoms with Crippen LogP contribution in [0.15, 0.2) is 12.1 Å². The maximum atomic E-state index is 11.0. The van der Waals surface area contributed by atoms with Gasteiger partial charge < -0.3 is 5.32 Å². The van der Waals surface area contributed by atoms with Gasteiger partial charge in [0.05, 0.1) is 16.2 Å². The summed E-state index contributed by atoms with van der Waals surface area (Å²) in [5.41, 5.74) is 1.58. The van der Waals surface area contributed by atoms with E-state index < -0.39 is 4.92 Å². The van der Waals surface area contributed by atoms with Crippen LogP contribution < -0.4 is 5.32 Å². The zero-order chi connectivity index (χ0) is 15.7. The van der Waals surface area contributed by atoms with Crippen LogP contribution in [0.3, 0.4) is 0 Å². The van der Waals surface area contributed by atoms with Crippen molar-refractivity contribution in [2.24, 2.45) is 0 Å². The number of hydrogen-bond acceptors (Lipinski definition) is 6. The largest absolute Gasteiger partial charge is 0.382 e. The second-order valence-corrected chi connectivity index (χ2v) is 5.92. The molecule has 0 amide bonds. The third-order valence-corrected chi connectivity index (χ3v) is 4.57. The van der Waals surface area contributed by atoms with Crippen LogP contribution >= 0.6 is 0 Å². The average Bonchev–Trinajstić information content (AvgIpc) is 2.53. The molecule has 0 aromatic heterocycles. The van der Waals surface area contributed by atoms with Gasteiger partial charge in [-0.25, -0.2) is 0 Å². The van der Waals surface area contributed by atoms with Crippen molar-refractivity contribution in [1.29, 1.82) is 5.26 Å². The molecule has 0 aliphatic carbocycles. The number of nitriles is 1. The normalized spacial score (nSPS) is 26.5. The Morgan fingerprint density at radius 3 is 2.68 bits per heavy atom. The summed E-state index contributed by atoms with van der Waals surface area (Å²) < 4.78 is 0. The topological polar surface area (TPSA) is 85.4 Å². The van der Waals surface area contributed by atoms with Gasteiger partial charge in [0.2, 0.25) is 0 Å². The molecule has 3 aliphatic heterocycles. The minimum atomic E-state index is -0.445. The van der Waals surface area contributed by atoms with Crippen LogP contribution in [-0.4, -0.2) is 60.0 Å². The molecule has 1 aromatic rings. The first-order valence-electron chi connectivity index (χ1n) is 7.48. The number of piperazine rings is 3. The van der Waals surface area contributed by atoms with E-state index in [1.54, 1.807) is 13.0 Å². The Morgan fingerprint density at radius 2 is 2.14 bits per heavy atom. The summed E-state index contributed by atoms with van der Waals surface area (Å²) in [6.45, 7) is 7.95. The summed E-state index contributed by atoms with van der Waals surface area (Å²) in [5, 5.41) is 23.5. The van der Waals surface area contributed by atoms with Crippen LogP contribution in [0.2, 0.25) is 0 Å². The second kappa shape index (κ2) is 5.91. The quantitative estimate of drug-likeness (QED) is 0.664. The van der Waals surface area contributed by atoms with E-state index in [0.29, 0.717) is 22.9 Å². The maximum absolute atomic E-state index is 11.0. The number of anilines is 1. The molecule has 22 heavy (non-hydrogen) atoms. The Morgan fingerprint density at radius 1 is 1.41 bits per heavy atom. The lowest BCUT2D eigenvalue weighted by molar-refractivity contribution is -0.385. The molecule has 1 N–H and O–H groups in total. The van der Waals surface area contributed by atoms with Crippen molar-refractivity contribution < 1.29 is 4.92 Å². The molecular formula is C15H19N5O2. The lowest BCUT2D eigenvalue weighted by atomic mass is 10.1. The molecular weight excluding hydrogens is 282 g/mol. The monoisotopic (exact) mass is 301 g/mol. The van der Waals surface area contributed by atoms with Gasteiger partial charge in [-0.2, -0.15) is 5.26 Å². The number of nitro groups is 1. The first-order chi connectivity index (χ1) is 10.6. The lowest BCUT2D eigenvalue weighted by Crippen LogP contribution is -2.62. The van der Waals surface area contributed by atoms with Gasteiger partial charge in [0.25, 0.3) is 5.69 Å². The summed E-state index contributed by atoms with van der Waals surface area (Å²) in [6.07, 6.45) is 0. The number of nitrogens with zero attached hydrogens (tertiary/aromatic N) is 4. The van der Waals surface area contributed by atoms with E-state index in [1.165, 1.54) is 6.07 Å². The van der Waals surface area contributed by atoms with E-state index >= 15 is 0 Å². The maximum Gasteiger partial charge on any atom is 0.273 e. The van der Waals surface area contributed by atoms with Crippen molar-refractivity contribution in [2.45, 2.75) is 13.0 Å². The zero-order valence-electron chi connectivity index (χ0n) is 12.6. The van der Waals surface area contributed by atoms with E-state index in [2.05, 4.69) is 15.1 Å². The highest BCUT2D eigenvalue weighted by atomic mass is 16.6. The van der Waals surface area contributed by atoms with Crippen molar-refractivity contribution in [3.63, 3.8) is 0 Å². The predicted octanol–water partition coefficient (Wildman–Crippen LogP) is 1.19. The number of nitro benzene ring substituents is 1. The highest BCUT2D eigenvalue weighted by Crippen LogP contribution is 2.26. The molecule has 2 bridgehead atoms. The van der Waals surface area contributed by atoms with Crippen molar-refractivity contribution in [3.05, 3.63) is 33.4 Å². The second-order valence-electron chi connectivity index (χ2n) is 5.92. The summed E-state index contributed by atoms with van der Waals surface area (Å²) >= 11 is 0. The average molecular weight is 301 g/mol. The van der Waals surface area contributed by atoms with E-state index in [1.807, 2.05) is 6.07 Å². The summed E-state index contributed by atoms with van der Waals surface area (Å²) in [6, 6.07) is 5.54. The van der Waals surface area contributed by atoms with Crippen LogP contribution in [0.4, 0.5) is 11.4 Å². The number of benzene rings is 1. The van der Waals surface area contributed by atoms with E-state index in [4.69, 9.17) is 0 Å². The Hall–Kier alpha value is -2.17. The molecule has 1 aromatic carbocycles. The predicted molar refractivity (Wildman–Crippen MR) is 82.8 cm³/mol. The molecule has 0 spiro atoms. The molecule has 3 fully saturated rings. The molecule has 3 saturated heterocycles. The highest BCUT2D eigenvalue weighted by molar-refractivity contribution is 5.64. The summed E-state index contributed by atoms with van der Waals surface area (Å²) in [7, 11) is 0. The van der Waals surface area contributed by atoms with Gasteiger partial charge in [-0.15, -0.1) is 0 Å². The Balaban J connectivity index is 1.74. The van der Waals surface area contributed by atoms with Crippen LogP contribution in [0.5, 0.6) is 0 Å². The van der Waals surface area contributed by atoms with Gasteiger partial charge in [-0.1, -0.05) is 0 Å². The SMILES string of the molecule is Cc1cc(NCC2CN3CCN2CC3)c(C#N)cc1[N+](=O)[O-]. The lowest BCUT2D eigenvalue weighted by Gasteiger charge is -2.47. The molecule has 4 rings (SSSR count). The Labute approximate surface area is 129 Å². The van der Waals surface area contributed by atoms with Gasteiger partial charge in [0, 0.05) is 56.9 Å². The third kappa shape index (κ3) is 2.75. The Bertz CT molecular complexity index is 632. The standard InChI is InChI=1S/C15H19N5O2/c1-11-6-14(12(8-16)7-15(11)20(21)22)17-9-13-10-18-2-4-19(13)5-3-18/h6-7,13,17H,2-5,9-10H2,1H3. The number of aryl methyl sites for hydroxylation is 1. The minimum Gasteiger partial charge on any atom is -0.382 e. The van der Waals surface area contributed by atoms with Crippen molar-refractivity contribution in [1.82, 2.24) is 9.80 Å². The van der Waals surface area contributed by atoms with Crippen LogP contribution in [-0.2, 0) is 0 Å². The molecule has 7 nitrogen and oxygen atoms in total. The van der Waals surface area contributed by atoms with E-state index in [0.717, 1.165) is 39.3 Å². The number of fused-ring (bicyclic) bond motifs is 3. The van der Waals surface area contributed by atoms with E-state index in [-0.39, 0.29) is 5.69 Å². The van der Waals surface area contributed by atoms with E-state index in [9.17, 15) is 15.4 Å². The van der Waals surface area contributed by atoms with Crippen molar-refractivity contribution in [3.8, 4) is 6.07 Å². The molecule has 116 valence electrons. The van der Waals surface area contributed by atoms with Gasteiger partial charge >= 0.3 is 0 Å². The van der Waals surface area contributed by atoms with Crippen LogP contribution in [0, 0.1) is 28.4 Å². The molecule has 1 unspecified atom stereocenters. The molecule has 7 heteroatoms. The third-order valence-electron chi connectivity index (χ3n) is 4.57. The van der Waals surface area contributed by atoms with Crippen LogP contribution in [0.1, 0.15) is 11.1 Å². The summed E-state index contributed by atoms with van der Waals surface area (Å²) in [5.74, 6) is 0. The molecule has 0 saturated carbocycles. The first-order valence-corrected chi connectivity index (χ1v) is 7.48. The Kier molecular flexibility index (Phi) is 3.96. The summed E-state index contributed by atoms with van der Waals surface area (Å²) in [4.78, 5) is 15.4. The van der Waals surface area contributed by atoms with Gasteiger partial charge in [0.1, 0.15) is 6.07 Å². The molecule has 0 radical (unpaired) electrons. The van der Waals surface area contributed by atoms with Gasteiger partial charge in [-0.05, 0) is 13.0 Å². The highest BCUT2D eigenvalue weighted by Gasteiger charge is 2.31. The number of nitrogens with one attached hydrogen (secondary N) is 1. The fourth-order valence-corrected chi connectivity index (χ4v) is 3.28. The fraction of sp³-hybridized carbons (Fsp3) is 0.533. The number of hydrogen-bond donors (Lipinski definition) is 1. The fourth-order valence-electron chi connectivity index (χ4n) is 3.28. The van der Waals surface area contributed by atoms with Gasteiger partial charge in [0.15, 0.2) is 0 Å². The van der Waals surface area contributed by atoms with Gasteiger partial charge in [-0.3, -0.25) is 19.9 Å². The van der Waals surface area contributed by atoms with Crippen molar-refractivity contribution >= 4 is 11.4 Å². The first kappa shape index (κ1) is 14.8. The smallest absolute Gasteiger partial charge is 0.273 e. The molecule has 1 atom stereocenters. The molecule has 3 aliphatic rings. The number of rotatable bonds is 4. The molecule has 3 heterocycles. The van der Waals surface area contributed by atoms with Crippen molar-refractivity contribution in [2.75, 3.05) is 44.6 Å². The van der Waals surface area contributed by atoms with Crippen LogP contribution in [0.25, 0.3) is 0 Å². The zero-order valence-corrected chi connectivity index (χ0v) is 12.6.